The first kappa shape index (κ1) is 20.0. The van der Waals surface area contributed by atoms with E-state index in [2.05, 4.69) is 13.8 Å². The van der Waals surface area contributed by atoms with Crippen molar-refractivity contribution in [2.75, 3.05) is 6.61 Å². The zero-order valence-electron chi connectivity index (χ0n) is 14.3. The molecular formula is C19H39O. The van der Waals surface area contributed by atoms with E-state index < -0.39 is 0 Å². The number of hydrogen-bond donors (Lipinski definition) is 0. The van der Waals surface area contributed by atoms with Crippen LogP contribution in [0.15, 0.2) is 0 Å². The molecule has 0 spiro atoms. The Morgan fingerprint density at radius 1 is 0.550 bits per heavy atom. The molecule has 0 aromatic rings. The van der Waals surface area contributed by atoms with Gasteiger partial charge in [0.1, 0.15) is 0 Å². The molecular weight excluding hydrogens is 244 g/mol. The maximum atomic E-state index is 5.45. The smallest absolute Gasteiger partial charge is 0.0836 e. The number of ether oxygens (including phenoxy) is 1. The Balaban J connectivity index is 2.89. The Morgan fingerprint density at radius 2 is 1.00 bits per heavy atom. The molecule has 20 heavy (non-hydrogen) atoms. The van der Waals surface area contributed by atoms with Crippen LogP contribution in [0.3, 0.4) is 0 Å². The second kappa shape index (κ2) is 19.0. The van der Waals surface area contributed by atoms with E-state index in [1.165, 1.54) is 89.9 Å². The van der Waals surface area contributed by atoms with Gasteiger partial charge in [-0.15, -0.1) is 0 Å². The van der Waals surface area contributed by atoms with Crippen molar-refractivity contribution in [2.24, 2.45) is 0 Å². The fraction of sp³-hybridized carbons (Fsp3) is 0.947. The van der Waals surface area contributed by atoms with Crippen molar-refractivity contribution in [1.82, 2.24) is 0 Å². The average molecular weight is 284 g/mol. The first-order chi connectivity index (χ1) is 9.91. The molecule has 0 aromatic carbocycles. The summed E-state index contributed by atoms with van der Waals surface area (Å²) >= 11 is 0. The van der Waals surface area contributed by atoms with Crippen LogP contribution in [0.1, 0.15) is 110 Å². The van der Waals surface area contributed by atoms with E-state index in [1.54, 1.807) is 0 Å². The molecule has 0 N–H and O–H groups in total. The van der Waals surface area contributed by atoms with Crippen molar-refractivity contribution < 1.29 is 4.74 Å². The summed E-state index contributed by atoms with van der Waals surface area (Å²) in [7, 11) is 0. The first-order valence-corrected chi connectivity index (χ1v) is 9.35. The van der Waals surface area contributed by atoms with Gasteiger partial charge in [0, 0.05) is 6.61 Å². The topological polar surface area (TPSA) is 9.23 Å². The molecule has 0 amide bonds. The van der Waals surface area contributed by atoms with Gasteiger partial charge in [-0.3, -0.25) is 0 Å². The summed E-state index contributed by atoms with van der Waals surface area (Å²) in [6, 6.07) is 0. The van der Waals surface area contributed by atoms with Crippen molar-refractivity contribution in [1.29, 1.82) is 0 Å². The fourth-order valence-electron chi connectivity index (χ4n) is 2.46. The van der Waals surface area contributed by atoms with E-state index >= 15 is 0 Å². The molecule has 0 heterocycles. The Bertz CT molecular complexity index is 138. The summed E-state index contributed by atoms with van der Waals surface area (Å²) in [5.41, 5.74) is 0. The van der Waals surface area contributed by atoms with Crippen molar-refractivity contribution in [3.05, 3.63) is 6.61 Å². The van der Waals surface area contributed by atoms with Crippen molar-refractivity contribution >= 4 is 0 Å². The third-order valence-electron chi connectivity index (χ3n) is 3.91. The van der Waals surface area contributed by atoms with Crippen LogP contribution in [0.5, 0.6) is 0 Å². The van der Waals surface area contributed by atoms with Crippen LogP contribution >= 0.6 is 0 Å². The zero-order chi connectivity index (χ0) is 14.7. The molecule has 0 atom stereocenters. The molecule has 0 aromatic heterocycles. The highest BCUT2D eigenvalue weighted by Crippen LogP contribution is 2.12. The minimum atomic E-state index is 0.911. The lowest BCUT2D eigenvalue weighted by Crippen LogP contribution is -1.91. The molecule has 0 fully saturated rings. The fourth-order valence-corrected chi connectivity index (χ4v) is 2.46. The maximum absolute atomic E-state index is 5.45. The van der Waals surface area contributed by atoms with Gasteiger partial charge in [0.2, 0.25) is 0 Å². The Hall–Kier alpha value is -0.0400. The zero-order valence-corrected chi connectivity index (χ0v) is 14.3. The minimum absolute atomic E-state index is 0.911. The highest BCUT2D eigenvalue weighted by atomic mass is 16.5. The van der Waals surface area contributed by atoms with Crippen LogP contribution in [0, 0.1) is 6.61 Å². The molecule has 121 valence electrons. The standard InChI is InChI=1S/C19H39O/c1-3-5-7-8-9-10-11-12-13-14-15-16-17-19-20-18-6-4-2/h19H,3-18H2,1-2H3. The molecule has 0 aliphatic heterocycles. The molecule has 0 bridgehead atoms. The van der Waals surface area contributed by atoms with Gasteiger partial charge in [0.15, 0.2) is 0 Å². The second-order valence-electron chi connectivity index (χ2n) is 6.07. The van der Waals surface area contributed by atoms with E-state index in [1.807, 2.05) is 6.61 Å². The number of rotatable bonds is 17. The van der Waals surface area contributed by atoms with Gasteiger partial charge in [-0.25, -0.2) is 0 Å². The summed E-state index contributed by atoms with van der Waals surface area (Å²) in [5, 5.41) is 0. The summed E-state index contributed by atoms with van der Waals surface area (Å²) in [6.45, 7) is 7.42. The Morgan fingerprint density at radius 3 is 1.50 bits per heavy atom. The second-order valence-corrected chi connectivity index (χ2v) is 6.07. The van der Waals surface area contributed by atoms with Gasteiger partial charge < -0.3 is 4.74 Å². The third kappa shape index (κ3) is 18.0. The number of hydrogen-bond acceptors (Lipinski definition) is 1. The molecule has 0 saturated carbocycles. The van der Waals surface area contributed by atoms with Crippen molar-refractivity contribution in [2.45, 2.75) is 110 Å². The normalized spacial score (nSPS) is 11.1. The monoisotopic (exact) mass is 283 g/mol. The third-order valence-corrected chi connectivity index (χ3v) is 3.91. The molecule has 0 aliphatic carbocycles. The summed E-state index contributed by atoms with van der Waals surface area (Å²) in [6.07, 6.45) is 20.6. The summed E-state index contributed by atoms with van der Waals surface area (Å²) in [5.74, 6) is 0. The van der Waals surface area contributed by atoms with Crippen molar-refractivity contribution in [3.8, 4) is 0 Å². The first-order valence-electron chi connectivity index (χ1n) is 9.35. The van der Waals surface area contributed by atoms with Crippen LogP contribution in [0.4, 0.5) is 0 Å². The Kier molecular flexibility index (Phi) is 18.9. The summed E-state index contributed by atoms with van der Waals surface area (Å²) in [4.78, 5) is 0. The molecule has 1 heteroatoms. The van der Waals surface area contributed by atoms with Crippen LogP contribution in [-0.2, 0) is 4.74 Å². The highest BCUT2D eigenvalue weighted by Gasteiger charge is 1.94. The van der Waals surface area contributed by atoms with Gasteiger partial charge in [-0.05, 0) is 12.8 Å². The Labute approximate surface area is 128 Å². The van der Waals surface area contributed by atoms with E-state index in [0.29, 0.717) is 0 Å². The van der Waals surface area contributed by atoms with Crippen LogP contribution < -0.4 is 0 Å². The molecule has 1 nitrogen and oxygen atoms in total. The van der Waals surface area contributed by atoms with Gasteiger partial charge >= 0.3 is 0 Å². The lowest BCUT2D eigenvalue weighted by Gasteiger charge is -2.03. The number of unbranched alkanes of at least 4 members (excludes halogenated alkanes) is 13. The highest BCUT2D eigenvalue weighted by molar-refractivity contribution is 4.53. The van der Waals surface area contributed by atoms with Gasteiger partial charge in [0.05, 0.1) is 6.61 Å². The van der Waals surface area contributed by atoms with Crippen LogP contribution in [0.25, 0.3) is 0 Å². The van der Waals surface area contributed by atoms with E-state index in [-0.39, 0.29) is 0 Å². The SMILES string of the molecule is CCCCCCCCCCCCCC[CH]OCCCC. The molecule has 1 radical (unpaired) electrons. The van der Waals surface area contributed by atoms with E-state index in [4.69, 9.17) is 4.74 Å². The van der Waals surface area contributed by atoms with Crippen LogP contribution in [0.2, 0.25) is 0 Å². The molecule has 0 saturated heterocycles. The maximum Gasteiger partial charge on any atom is 0.0836 e. The van der Waals surface area contributed by atoms with Crippen LogP contribution in [-0.4, -0.2) is 6.61 Å². The van der Waals surface area contributed by atoms with E-state index in [9.17, 15) is 0 Å². The summed E-state index contributed by atoms with van der Waals surface area (Å²) < 4.78 is 5.45. The lowest BCUT2D eigenvalue weighted by molar-refractivity contribution is 0.185. The lowest BCUT2D eigenvalue weighted by atomic mass is 10.0. The van der Waals surface area contributed by atoms with Gasteiger partial charge in [-0.2, -0.15) is 0 Å². The quantitative estimate of drug-likeness (QED) is 0.260. The average Bonchev–Trinajstić information content (AvgIpc) is 2.47. The molecule has 0 unspecified atom stereocenters. The molecule has 0 aliphatic rings. The molecule has 0 rings (SSSR count). The van der Waals surface area contributed by atoms with Gasteiger partial charge in [-0.1, -0.05) is 97.3 Å². The predicted molar refractivity (Wildman–Crippen MR) is 90.9 cm³/mol. The van der Waals surface area contributed by atoms with Crippen molar-refractivity contribution in [3.63, 3.8) is 0 Å². The van der Waals surface area contributed by atoms with E-state index in [0.717, 1.165) is 13.0 Å². The largest absolute Gasteiger partial charge is 0.376 e. The minimum Gasteiger partial charge on any atom is -0.376 e. The predicted octanol–water partition coefficient (Wildman–Crippen LogP) is 7.06. The van der Waals surface area contributed by atoms with Gasteiger partial charge in [0.25, 0.3) is 0 Å².